The van der Waals surface area contributed by atoms with Crippen LogP contribution in [0.5, 0.6) is 5.88 Å². The topological polar surface area (TPSA) is 35.3 Å². The summed E-state index contributed by atoms with van der Waals surface area (Å²) in [6, 6.07) is 1.68. The number of hydrogen-bond donors (Lipinski definition) is 0. The molecule has 0 aliphatic carbocycles. The minimum absolute atomic E-state index is 0.333. The van der Waals surface area contributed by atoms with Gasteiger partial charge in [-0.1, -0.05) is 0 Å². The van der Waals surface area contributed by atoms with Crippen LogP contribution in [0.15, 0.2) is 10.6 Å². The van der Waals surface area contributed by atoms with Crippen LogP contribution in [0.4, 0.5) is 0 Å². The van der Waals surface area contributed by atoms with Crippen LogP contribution < -0.4 is 4.74 Å². The Balaban J connectivity index is 2.59. The molecular formula is C6H8ClNO2. The SMILES string of the molecule is CCOc1cc(CCl)on1. The van der Waals surface area contributed by atoms with Crippen LogP contribution in [-0.4, -0.2) is 11.8 Å². The molecule has 1 aromatic heterocycles. The zero-order valence-electron chi connectivity index (χ0n) is 5.63. The molecule has 0 bridgehead atoms. The van der Waals surface area contributed by atoms with Crippen LogP contribution in [0.3, 0.4) is 0 Å². The molecule has 0 fully saturated rings. The number of halogens is 1. The van der Waals surface area contributed by atoms with Gasteiger partial charge in [0.15, 0.2) is 5.76 Å². The number of hydrogen-bond acceptors (Lipinski definition) is 3. The smallest absolute Gasteiger partial charge is 0.254 e. The fraction of sp³-hybridized carbons (Fsp3) is 0.500. The normalized spacial score (nSPS) is 9.80. The van der Waals surface area contributed by atoms with Crippen LogP contribution in [0.1, 0.15) is 12.7 Å². The van der Waals surface area contributed by atoms with Gasteiger partial charge in [-0.05, 0) is 12.1 Å². The fourth-order valence-electron chi connectivity index (χ4n) is 0.573. The van der Waals surface area contributed by atoms with Gasteiger partial charge in [-0.2, -0.15) is 0 Å². The minimum atomic E-state index is 0.333. The number of alkyl halides is 1. The summed E-state index contributed by atoms with van der Waals surface area (Å²) in [5, 5.41) is 3.60. The van der Waals surface area contributed by atoms with Crippen LogP contribution in [0.2, 0.25) is 0 Å². The highest BCUT2D eigenvalue weighted by molar-refractivity contribution is 6.16. The molecule has 0 saturated carbocycles. The lowest BCUT2D eigenvalue weighted by Crippen LogP contribution is -1.89. The van der Waals surface area contributed by atoms with E-state index >= 15 is 0 Å². The summed E-state index contributed by atoms with van der Waals surface area (Å²) in [6.07, 6.45) is 0. The number of rotatable bonds is 3. The first-order chi connectivity index (χ1) is 4.86. The van der Waals surface area contributed by atoms with E-state index in [1.54, 1.807) is 6.07 Å². The van der Waals surface area contributed by atoms with Gasteiger partial charge in [-0.25, -0.2) is 0 Å². The van der Waals surface area contributed by atoms with E-state index < -0.39 is 0 Å². The molecule has 3 nitrogen and oxygen atoms in total. The highest BCUT2D eigenvalue weighted by Crippen LogP contribution is 2.12. The lowest BCUT2D eigenvalue weighted by molar-refractivity contribution is 0.291. The Bertz CT molecular complexity index is 199. The lowest BCUT2D eigenvalue weighted by atomic mass is 10.5. The molecule has 0 spiro atoms. The maximum absolute atomic E-state index is 5.45. The molecule has 0 aliphatic heterocycles. The molecular weight excluding hydrogens is 154 g/mol. The van der Waals surface area contributed by atoms with Crippen molar-refractivity contribution in [3.8, 4) is 5.88 Å². The Kier molecular flexibility index (Phi) is 2.57. The highest BCUT2D eigenvalue weighted by atomic mass is 35.5. The first-order valence-corrected chi connectivity index (χ1v) is 3.54. The number of aromatic nitrogens is 1. The standard InChI is InChI=1S/C6H8ClNO2/c1-2-9-6-3-5(4-7)10-8-6/h3H,2,4H2,1H3. The van der Waals surface area contributed by atoms with Crippen LogP contribution >= 0.6 is 11.6 Å². The van der Waals surface area contributed by atoms with Crippen LogP contribution in [-0.2, 0) is 5.88 Å². The largest absolute Gasteiger partial charge is 0.476 e. The van der Waals surface area contributed by atoms with Gasteiger partial charge >= 0.3 is 0 Å². The summed E-state index contributed by atoms with van der Waals surface area (Å²) in [5.74, 6) is 1.46. The molecule has 1 aromatic rings. The summed E-state index contributed by atoms with van der Waals surface area (Å²) in [6.45, 7) is 2.48. The summed E-state index contributed by atoms with van der Waals surface area (Å²) >= 11 is 5.45. The van der Waals surface area contributed by atoms with Crippen molar-refractivity contribution in [1.29, 1.82) is 0 Å². The van der Waals surface area contributed by atoms with Gasteiger partial charge < -0.3 is 9.26 Å². The molecule has 0 saturated heterocycles. The van der Waals surface area contributed by atoms with Crippen molar-refractivity contribution >= 4 is 11.6 Å². The van der Waals surface area contributed by atoms with Crippen LogP contribution in [0, 0.1) is 0 Å². The number of ether oxygens (including phenoxy) is 1. The average Bonchev–Trinajstić information content (AvgIpc) is 2.37. The first-order valence-electron chi connectivity index (χ1n) is 3.01. The van der Waals surface area contributed by atoms with E-state index in [2.05, 4.69) is 5.16 Å². The fourth-order valence-corrected chi connectivity index (χ4v) is 0.699. The minimum Gasteiger partial charge on any atom is -0.476 e. The zero-order chi connectivity index (χ0) is 7.40. The van der Waals surface area contributed by atoms with E-state index in [0.717, 1.165) is 0 Å². The molecule has 10 heavy (non-hydrogen) atoms. The summed E-state index contributed by atoms with van der Waals surface area (Å²) in [7, 11) is 0. The molecule has 1 heterocycles. The van der Waals surface area contributed by atoms with Gasteiger partial charge in [0.05, 0.1) is 12.5 Å². The second-order valence-electron chi connectivity index (χ2n) is 1.70. The van der Waals surface area contributed by atoms with Crippen molar-refractivity contribution in [2.45, 2.75) is 12.8 Å². The third kappa shape index (κ3) is 1.64. The van der Waals surface area contributed by atoms with Gasteiger partial charge in [-0.15, -0.1) is 11.6 Å². The van der Waals surface area contributed by atoms with Crippen molar-refractivity contribution in [3.63, 3.8) is 0 Å². The molecule has 0 amide bonds. The molecule has 56 valence electrons. The Hall–Kier alpha value is -0.700. The molecule has 0 aliphatic rings. The molecule has 0 N–H and O–H groups in total. The second-order valence-corrected chi connectivity index (χ2v) is 1.97. The van der Waals surface area contributed by atoms with Crippen molar-refractivity contribution in [1.82, 2.24) is 5.16 Å². The van der Waals surface area contributed by atoms with E-state index in [-0.39, 0.29) is 0 Å². The summed E-state index contributed by atoms with van der Waals surface area (Å²) in [5.41, 5.74) is 0. The monoisotopic (exact) mass is 161 g/mol. The Morgan fingerprint density at radius 1 is 1.80 bits per heavy atom. The maximum atomic E-state index is 5.45. The predicted octanol–water partition coefficient (Wildman–Crippen LogP) is 1.81. The van der Waals surface area contributed by atoms with Crippen LogP contribution in [0.25, 0.3) is 0 Å². The molecule has 0 aromatic carbocycles. The zero-order valence-corrected chi connectivity index (χ0v) is 6.39. The Morgan fingerprint density at radius 2 is 2.60 bits per heavy atom. The third-order valence-electron chi connectivity index (χ3n) is 0.961. The predicted molar refractivity (Wildman–Crippen MR) is 37.2 cm³/mol. The van der Waals surface area contributed by atoms with E-state index in [1.165, 1.54) is 0 Å². The quantitative estimate of drug-likeness (QED) is 0.635. The molecule has 4 heteroatoms. The van der Waals surface area contributed by atoms with Crippen molar-refractivity contribution < 1.29 is 9.26 Å². The average molecular weight is 162 g/mol. The van der Waals surface area contributed by atoms with Crippen molar-refractivity contribution in [3.05, 3.63) is 11.8 Å². The summed E-state index contributed by atoms with van der Waals surface area (Å²) < 4.78 is 9.78. The van der Waals surface area contributed by atoms with Gasteiger partial charge in [0.1, 0.15) is 0 Å². The van der Waals surface area contributed by atoms with E-state index in [0.29, 0.717) is 24.1 Å². The molecule has 0 unspecified atom stereocenters. The lowest BCUT2D eigenvalue weighted by Gasteiger charge is -1.91. The van der Waals surface area contributed by atoms with Crippen molar-refractivity contribution in [2.75, 3.05) is 6.61 Å². The number of nitrogens with zero attached hydrogens (tertiary/aromatic N) is 1. The Labute approximate surface area is 63.9 Å². The van der Waals surface area contributed by atoms with E-state index in [4.69, 9.17) is 20.9 Å². The third-order valence-corrected chi connectivity index (χ3v) is 1.22. The first kappa shape index (κ1) is 7.41. The van der Waals surface area contributed by atoms with E-state index in [9.17, 15) is 0 Å². The van der Waals surface area contributed by atoms with Gasteiger partial charge in [0.25, 0.3) is 5.88 Å². The Morgan fingerprint density at radius 3 is 3.10 bits per heavy atom. The maximum Gasteiger partial charge on any atom is 0.254 e. The van der Waals surface area contributed by atoms with Gasteiger partial charge in [0, 0.05) is 6.07 Å². The molecule has 0 radical (unpaired) electrons. The second kappa shape index (κ2) is 3.46. The molecule has 0 atom stereocenters. The summed E-state index contributed by atoms with van der Waals surface area (Å²) in [4.78, 5) is 0. The van der Waals surface area contributed by atoms with Crippen molar-refractivity contribution in [2.24, 2.45) is 0 Å². The van der Waals surface area contributed by atoms with Gasteiger partial charge in [-0.3, -0.25) is 0 Å². The highest BCUT2D eigenvalue weighted by Gasteiger charge is 2.01. The molecule has 1 rings (SSSR count). The van der Waals surface area contributed by atoms with E-state index in [1.807, 2.05) is 6.92 Å². The van der Waals surface area contributed by atoms with Gasteiger partial charge in [0.2, 0.25) is 0 Å².